The molecule has 0 amide bonds. The summed E-state index contributed by atoms with van der Waals surface area (Å²) in [6.07, 6.45) is 0.702. The maximum atomic E-state index is 10.6. The van der Waals surface area contributed by atoms with Crippen LogP contribution in [-0.4, -0.2) is 25.5 Å². The zero-order valence-electron chi connectivity index (χ0n) is 13.6. The zero-order valence-corrected chi connectivity index (χ0v) is 13.6. The van der Waals surface area contributed by atoms with Gasteiger partial charge in [-0.3, -0.25) is 4.79 Å². The van der Waals surface area contributed by atoms with Crippen LogP contribution in [0, 0.1) is 0 Å². The fourth-order valence-electron chi connectivity index (χ4n) is 1.81. The topological polar surface area (TPSA) is 44.8 Å². The summed E-state index contributed by atoms with van der Waals surface area (Å²) in [5, 5.41) is 0. The maximum Gasteiger partial charge on any atom is 0.302 e. The van der Waals surface area contributed by atoms with E-state index in [-0.39, 0.29) is 24.3 Å². The Hall–Kier alpha value is -1.55. The lowest BCUT2D eigenvalue weighted by molar-refractivity contribution is -0.145. The van der Waals surface area contributed by atoms with Gasteiger partial charge in [0.05, 0.1) is 6.61 Å². The number of esters is 1. The van der Waals surface area contributed by atoms with Gasteiger partial charge in [-0.25, -0.2) is 0 Å². The first-order valence-corrected chi connectivity index (χ1v) is 7.37. The average Bonchev–Trinajstić information content (AvgIpc) is 2.44. The van der Waals surface area contributed by atoms with Crippen LogP contribution in [0.3, 0.4) is 0 Å². The van der Waals surface area contributed by atoms with Crippen LogP contribution < -0.4 is 4.74 Å². The summed E-state index contributed by atoms with van der Waals surface area (Å²) in [5.74, 6) is 0.465. The molecule has 4 nitrogen and oxygen atoms in total. The fraction of sp³-hybridized carbons (Fsp3) is 0.588. The van der Waals surface area contributed by atoms with Crippen LogP contribution in [0.25, 0.3) is 0 Å². The molecule has 118 valence electrons. The highest BCUT2D eigenvalue weighted by atomic mass is 16.7. The van der Waals surface area contributed by atoms with Gasteiger partial charge in [0.2, 0.25) is 0 Å². The van der Waals surface area contributed by atoms with Gasteiger partial charge < -0.3 is 14.2 Å². The van der Waals surface area contributed by atoms with Crippen molar-refractivity contribution in [3.05, 3.63) is 29.8 Å². The van der Waals surface area contributed by atoms with Gasteiger partial charge in [-0.15, -0.1) is 0 Å². The van der Waals surface area contributed by atoms with Crippen molar-refractivity contribution in [1.29, 1.82) is 0 Å². The van der Waals surface area contributed by atoms with Crippen molar-refractivity contribution in [2.24, 2.45) is 0 Å². The summed E-state index contributed by atoms with van der Waals surface area (Å²) >= 11 is 0. The molecule has 0 saturated heterocycles. The summed E-state index contributed by atoms with van der Waals surface area (Å²) in [7, 11) is 0. The molecule has 1 atom stereocenters. The van der Waals surface area contributed by atoms with Crippen molar-refractivity contribution in [3.63, 3.8) is 0 Å². The fourth-order valence-corrected chi connectivity index (χ4v) is 1.81. The van der Waals surface area contributed by atoms with Crippen LogP contribution in [0.2, 0.25) is 0 Å². The molecule has 0 aliphatic rings. The summed E-state index contributed by atoms with van der Waals surface area (Å²) < 4.78 is 15.9. The smallest absolute Gasteiger partial charge is 0.302 e. The van der Waals surface area contributed by atoms with Crippen molar-refractivity contribution in [3.8, 4) is 5.75 Å². The molecule has 0 heterocycles. The molecular weight excluding hydrogens is 268 g/mol. The van der Waals surface area contributed by atoms with Gasteiger partial charge in [0.15, 0.2) is 6.29 Å². The predicted octanol–water partition coefficient (Wildman–Crippen LogP) is 3.68. The number of hydrogen-bond donors (Lipinski definition) is 0. The second kappa shape index (κ2) is 8.03. The lowest BCUT2D eigenvalue weighted by Crippen LogP contribution is -2.20. The van der Waals surface area contributed by atoms with Gasteiger partial charge in [-0.1, -0.05) is 32.9 Å². The molecule has 0 fully saturated rings. The minimum absolute atomic E-state index is 0.171. The Morgan fingerprint density at radius 3 is 2.33 bits per heavy atom. The van der Waals surface area contributed by atoms with Crippen molar-refractivity contribution >= 4 is 5.97 Å². The molecular formula is C17H26O4. The molecule has 1 unspecified atom stereocenters. The monoisotopic (exact) mass is 294 g/mol. The van der Waals surface area contributed by atoms with Gasteiger partial charge in [-0.2, -0.15) is 0 Å². The van der Waals surface area contributed by atoms with Gasteiger partial charge in [0, 0.05) is 6.92 Å². The van der Waals surface area contributed by atoms with Crippen molar-refractivity contribution in [2.45, 2.75) is 52.7 Å². The number of benzene rings is 1. The Bertz CT molecular complexity index is 437. The Balaban J connectivity index is 2.43. The lowest BCUT2D eigenvalue weighted by atomic mass is 9.82. The average molecular weight is 294 g/mol. The number of hydrogen-bond acceptors (Lipinski definition) is 4. The molecule has 21 heavy (non-hydrogen) atoms. The number of carbonyl (C=O) groups excluding carboxylic acids is 1. The molecule has 0 bridgehead atoms. The minimum Gasteiger partial charge on any atom is -0.465 e. The van der Waals surface area contributed by atoms with Crippen molar-refractivity contribution < 1.29 is 19.0 Å². The second-order valence-electron chi connectivity index (χ2n) is 5.66. The van der Waals surface area contributed by atoms with E-state index in [1.165, 1.54) is 12.5 Å². The van der Waals surface area contributed by atoms with E-state index in [1.807, 2.05) is 19.1 Å². The lowest BCUT2D eigenvalue weighted by Gasteiger charge is -2.23. The molecule has 0 saturated carbocycles. The SMILES string of the molecule is CCC(C)(C)c1ccc(OC(C)OCCOC(C)=O)cc1. The summed E-state index contributed by atoms with van der Waals surface area (Å²) in [4.78, 5) is 10.6. The van der Waals surface area contributed by atoms with Crippen LogP contribution in [0.4, 0.5) is 0 Å². The Kier molecular flexibility index (Phi) is 6.69. The minimum atomic E-state index is -0.384. The molecule has 0 radical (unpaired) electrons. The van der Waals surface area contributed by atoms with E-state index < -0.39 is 0 Å². The van der Waals surface area contributed by atoms with Crippen LogP contribution in [0.1, 0.15) is 46.6 Å². The molecule has 1 aromatic rings. The molecule has 0 aliphatic carbocycles. The highest BCUT2D eigenvalue weighted by Gasteiger charge is 2.17. The summed E-state index contributed by atoms with van der Waals surface area (Å²) in [5.41, 5.74) is 1.46. The van der Waals surface area contributed by atoms with Crippen LogP contribution >= 0.6 is 0 Å². The molecule has 0 N–H and O–H groups in total. The zero-order chi connectivity index (χ0) is 15.9. The molecule has 1 rings (SSSR count). The highest BCUT2D eigenvalue weighted by molar-refractivity contribution is 5.65. The summed E-state index contributed by atoms with van der Waals surface area (Å²) in [6, 6.07) is 8.09. The van der Waals surface area contributed by atoms with E-state index in [0.29, 0.717) is 6.61 Å². The molecule has 0 aliphatic heterocycles. The third kappa shape index (κ3) is 6.17. The molecule has 0 spiro atoms. The normalized spacial score (nSPS) is 12.8. The largest absolute Gasteiger partial charge is 0.465 e. The first kappa shape index (κ1) is 17.5. The second-order valence-corrected chi connectivity index (χ2v) is 5.66. The molecule has 4 heteroatoms. The van der Waals surface area contributed by atoms with E-state index in [4.69, 9.17) is 14.2 Å². The third-order valence-electron chi connectivity index (χ3n) is 3.56. The van der Waals surface area contributed by atoms with E-state index in [2.05, 4.69) is 32.9 Å². The van der Waals surface area contributed by atoms with Crippen molar-refractivity contribution in [2.75, 3.05) is 13.2 Å². The van der Waals surface area contributed by atoms with Crippen LogP contribution in [0.15, 0.2) is 24.3 Å². The molecule has 1 aromatic carbocycles. The Labute approximate surface area is 127 Å². The number of carbonyl (C=O) groups is 1. The van der Waals surface area contributed by atoms with Crippen molar-refractivity contribution in [1.82, 2.24) is 0 Å². The highest BCUT2D eigenvalue weighted by Crippen LogP contribution is 2.28. The Morgan fingerprint density at radius 2 is 1.81 bits per heavy atom. The standard InChI is InChI=1S/C17H26O4/c1-6-17(4,5)15-7-9-16(10-8-15)21-14(3)20-12-11-19-13(2)18/h7-10,14H,6,11-12H2,1-5H3. The first-order valence-electron chi connectivity index (χ1n) is 7.37. The van der Waals surface area contributed by atoms with Gasteiger partial charge in [0.25, 0.3) is 0 Å². The van der Waals surface area contributed by atoms with E-state index in [0.717, 1.165) is 12.2 Å². The van der Waals surface area contributed by atoms with Gasteiger partial charge in [-0.05, 0) is 36.5 Å². The van der Waals surface area contributed by atoms with E-state index >= 15 is 0 Å². The number of rotatable bonds is 8. The van der Waals surface area contributed by atoms with E-state index in [1.54, 1.807) is 0 Å². The quantitative estimate of drug-likeness (QED) is 0.417. The number of ether oxygens (including phenoxy) is 3. The third-order valence-corrected chi connectivity index (χ3v) is 3.56. The van der Waals surface area contributed by atoms with Crippen LogP contribution in [-0.2, 0) is 19.7 Å². The Morgan fingerprint density at radius 1 is 1.19 bits per heavy atom. The molecule has 0 aromatic heterocycles. The maximum absolute atomic E-state index is 10.6. The van der Waals surface area contributed by atoms with Crippen LogP contribution in [0.5, 0.6) is 5.75 Å². The predicted molar refractivity (Wildman–Crippen MR) is 82.4 cm³/mol. The summed E-state index contributed by atoms with van der Waals surface area (Å²) in [6.45, 7) is 10.4. The van der Waals surface area contributed by atoms with Gasteiger partial charge >= 0.3 is 5.97 Å². The van der Waals surface area contributed by atoms with Gasteiger partial charge in [0.1, 0.15) is 12.4 Å². The first-order chi connectivity index (χ1) is 9.85. The van der Waals surface area contributed by atoms with E-state index in [9.17, 15) is 4.79 Å².